The van der Waals surface area contributed by atoms with E-state index in [1.165, 1.54) is 270 Å². The van der Waals surface area contributed by atoms with E-state index in [-0.39, 0.29) is 13.2 Å². The molecule has 0 aromatic rings. The summed E-state index contributed by atoms with van der Waals surface area (Å²) in [5.41, 5.74) is -2.52. The van der Waals surface area contributed by atoms with Gasteiger partial charge in [0.2, 0.25) is 0 Å². The smallest absolute Gasteiger partial charge is 0.395 e. The fourth-order valence-electron chi connectivity index (χ4n) is 10.6. The van der Waals surface area contributed by atoms with Gasteiger partial charge in [-0.15, -0.1) is 0 Å². The molecule has 68 heavy (non-hydrogen) atoms. The highest BCUT2D eigenvalue weighted by Gasteiger charge is 2.53. The van der Waals surface area contributed by atoms with Crippen molar-refractivity contribution in [1.82, 2.24) is 0 Å². The molecule has 1 atom stereocenters. The molecule has 0 radical (unpaired) electrons. The number of hydrogen-bond acceptors (Lipinski definition) is 5. The quantitative estimate of drug-likeness (QED) is 0.0234. The highest BCUT2D eigenvalue weighted by molar-refractivity contribution is 7.45. The lowest BCUT2D eigenvalue weighted by atomic mass is 9.63. The second-order valence-corrected chi connectivity index (χ2v) is 22.8. The zero-order valence-corrected chi connectivity index (χ0v) is 46.9. The maximum atomic E-state index is 12.5. The lowest BCUT2D eigenvalue weighted by molar-refractivity contribution is -0.193. The third-order valence-corrected chi connectivity index (χ3v) is 15.3. The molecule has 0 saturated heterocycles. The number of hydrogen-bond donors (Lipinski definition) is 7. The van der Waals surface area contributed by atoms with Crippen LogP contribution in [0.4, 0.5) is 0 Å². The van der Waals surface area contributed by atoms with E-state index in [2.05, 4.69) is 20.8 Å². The average molecular weight is 992 g/mol. The van der Waals surface area contributed by atoms with E-state index in [0.29, 0.717) is 19.3 Å². The molecule has 8 nitrogen and oxygen atoms in total. The van der Waals surface area contributed by atoms with Crippen molar-refractivity contribution in [3.05, 3.63) is 0 Å². The van der Waals surface area contributed by atoms with Crippen LogP contribution in [0, 0.1) is 5.41 Å². The van der Waals surface area contributed by atoms with E-state index >= 15 is 0 Å². The van der Waals surface area contributed by atoms with Crippen LogP contribution in [0.3, 0.4) is 0 Å². The molecule has 412 valence electrons. The number of aliphatic hydroxyl groups excluding tert-OH is 3. The Morgan fingerprint density at radius 1 is 0.324 bits per heavy atom. The predicted octanol–water partition coefficient (Wildman–Crippen LogP) is 18.1. The van der Waals surface area contributed by atoms with Crippen molar-refractivity contribution in [3.8, 4) is 0 Å². The molecule has 0 heterocycles. The molecule has 9 heteroatoms. The van der Waals surface area contributed by atoms with Crippen molar-refractivity contribution in [1.29, 1.82) is 0 Å². The van der Waals surface area contributed by atoms with Gasteiger partial charge in [0.25, 0.3) is 0 Å². The Bertz CT molecular complexity index is 959. The summed E-state index contributed by atoms with van der Waals surface area (Å²) in [5.74, 6) is 0. The first kappa shape index (κ1) is 70.0. The van der Waals surface area contributed by atoms with Gasteiger partial charge >= 0.3 is 7.82 Å². The van der Waals surface area contributed by atoms with Gasteiger partial charge in [-0.1, -0.05) is 329 Å². The Morgan fingerprint density at radius 2 is 0.485 bits per heavy atom. The van der Waals surface area contributed by atoms with Gasteiger partial charge < -0.3 is 35.1 Å². The van der Waals surface area contributed by atoms with Gasteiger partial charge in [0.05, 0.1) is 30.3 Å². The Hall–Kier alpha value is -0.0500. The van der Waals surface area contributed by atoms with E-state index in [1.807, 2.05) is 0 Å². The first-order valence-electron chi connectivity index (χ1n) is 30.4. The van der Waals surface area contributed by atoms with Gasteiger partial charge in [-0.3, -0.25) is 0 Å². The predicted molar refractivity (Wildman–Crippen MR) is 294 cm³/mol. The van der Waals surface area contributed by atoms with Crippen LogP contribution in [0.5, 0.6) is 0 Å². The molecule has 0 amide bonds. The summed E-state index contributed by atoms with van der Waals surface area (Å²) in [6.45, 7) is 6.14. The molecule has 0 bridgehead atoms. The summed E-state index contributed by atoms with van der Waals surface area (Å²) < 4.78 is 8.88. The summed E-state index contributed by atoms with van der Waals surface area (Å²) >= 11 is 0. The summed E-state index contributed by atoms with van der Waals surface area (Å²) in [7, 11) is -4.64. The van der Waals surface area contributed by atoms with Crippen LogP contribution in [0.1, 0.15) is 348 Å². The van der Waals surface area contributed by atoms with Crippen LogP contribution in [-0.4, -0.2) is 60.0 Å². The fraction of sp³-hybridized carbons (Fsp3) is 1.00. The standard InChI is InChI=1S/C59H120O4.H3O4P/c1-4-7-10-13-16-19-22-25-28-31-34-37-40-43-46-49-52-57(62)58(55-60,56-61)59(63,53-50-47-44-41-38-35-32-29-26-23-20-17-14-11-8-5-2)54-51-48-45-42-39-36-33-30-27-24-21-18-15-12-9-6-3;1-5(2,3)4/h57,60-63H,4-56H2,1-3H3;(H3,1,2,3,4). The van der Waals surface area contributed by atoms with E-state index in [0.717, 1.165) is 38.5 Å². The first-order chi connectivity index (χ1) is 33.0. The summed E-state index contributed by atoms with van der Waals surface area (Å²) in [5, 5.41) is 46.0. The molecule has 1 unspecified atom stereocenters. The number of aliphatic hydroxyl groups is 4. The molecular formula is C59H123O8P. The zero-order valence-electron chi connectivity index (χ0n) is 46.0. The Kier molecular flexibility index (Phi) is 54.8. The first-order valence-corrected chi connectivity index (χ1v) is 31.9. The molecule has 0 aromatic heterocycles. The van der Waals surface area contributed by atoms with Crippen LogP contribution in [0.25, 0.3) is 0 Å². The Labute approximate surface area is 424 Å². The van der Waals surface area contributed by atoms with Crippen molar-refractivity contribution < 1.29 is 39.7 Å². The van der Waals surface area contributed by atoms with Crippen LogP contribution in [0.15, 0.2) is 0 Å². The van der Waals surface area contributed by atoms with E-state index in [9.17, 15) is 20.4 Å². The Balaban J connectivity index is 0. The molecule has 0 fully saturated rings. The summed E-state index contributed by atoms with van der Waals surface area (Å²) in [4.78, 5) is 21.6. The second kappa shape index (κ2) is 53.2. The maximum Gasteiger partial charge on any atom is 0.466 e. The molecule has 0 aliphatic carbocycles. The molecule has 0 rings (SSSR count). The second-order valence-electron chi connectivity index (χ2n) is 21.7. The highest BCUT2D eigenvalue weighted by atomic mass is 31.2. The average Bonchev–Trinajstić information content (AvgIpc) is 3.31. The molecule has 0 spiro atoms. The number of unbranched alkanes of at least 4 members (excludes halogenated alkanes) is 45. The van der Waals surface area contributed by atoms with Crippen molar-refractivity contribution >= 4 is 7.82 Å². The zero-order chi connectivity index (χ0) is 50.6. The molecule has 0 aliphatic heterocycles. The molecule has 0 aromatic carbocycles. The topological polar surface area (TPSA) is 159 Å². The minimum Gasteiger partial charge on any atom is -0.395 e. The third kappa shape index (κ3) is 47.0. The van der Waals surface area contributed by atoms with Crippen molar-refractivity contribution in [2.24, 2.45) is 5.41 Å². The van der Waals surface area contributed by atoms with Crippen molar-refractivity contribution in [2.75, 3.05) is 13.2 Å². The summed E-state index contributed by atoms with van der Waals surface area (Å²) in [6.07, 6.45) is 63.7. The van der Waals surface area contributed by atoms with E-state index < -0.39 is 24.9 Å². The van der Waals surface area contributed by atoms with Gasteiger partial charge in [0.1, 0.15) is 0 Å². The van der Waals surface area contributed by atoms with Gasteiger partial charge in [-0.05, 0) is 19.3 Å². The lowest BCUT2D eigenvalue weighted by Gasteiger charge is -2.48. The van der Waals surface area contributed by atoms with Crippen LogP contribution >= 0.6 is 7.82 Å². The largest absolute Gasteiger partial charge is 0.466 e. The van der Waals surface area contributed by atoms with Gasteiger partial charge in [0, 0.05) is 0 Å². The van der Waals surface area contributed by atoms with Gasteiger partial charge in [0.15, 0.2) is 0 Å². The van der Waals surface area contributed by atoms with Crippen LogP contribution in [0.2, 0.25) is 0 Å². The monoisotopic (exact) mass is 991 g/mol. The minimum absolute atomic E-state index is 0.363. The van der Waals surface area contributed by atoms with Crippen LogP contribution in [-0.2, 0) is 4.57 Å². The number of rotatable bonds is 55. The highest BCUT2D eigenvalue weighted by Crippen LogP contribution is 2.44. The fourth-order valence-corrected chi connectivity index (χ4v) is 10.6. The Morgan fingerprint density at radius 3 is 0.662 bits per heavy atom. The number of phosphoric acid groups is 1. The molecule has 7 N–H and O–H groups in total. The van der Waals surface area contributed by atoms with E-state index in [4.69, 9.17) is 19.2 Å². The van der Waals surface area contributed by atoms with Gasteiger partial charge in [-0.2, -0.15) is 0 Å². The minimum atomic E-state index is -4.64. The maximum absolute atomic E-state index is 12.5. The molecule has 0 saturated carbocycles. The normalized spacial score (nSPS) is 12.7. The summed E-state index contributed by atoms with van der Waals surface area (Å²) in [6, 6.07) is 0. The SMILES string of the molecule is CCCCCCCCCCCCCCCCCCC(O)C(CO)(CO)C(O)(CCCCCCCCCCCCCCCCCC)CCCCCCCCCCCCCCCCCC.O=P(O)(O)O. The van der Waals surface area contributed by atoms with Crippen molar-refractivity contribution in [2.45, 2.75) is 360 Å². The molecular weight excluding hydrogens is 868 g/mol. The van der Waals surface area contributed by atoms with Gasteiger partial charge in [-0.25, -0.2) is 4.57 Å². The lowest BCUT2D eigenvalue weighted by Crippen LogP contribution is -2.59. The van der Waals surface area contributed by atoms with Crippen LogP contribution < -0.4 is 0 Å². The van der Waals surface area contributed by atoms with E-state index in [1.54, 1.807) is 0 Å². The van der Waals surface area contributed by atoms with Crippen molar-refractivity contribution in [3.63, 3.8) is 0 Å². The molecule has 0 aliphatic rings. The third-order valence-electron chi connectivity index (χ3n) is 15.3.